The average molecular weight is 390 g/mol. The lowest BCUT2D eigenvalue weighted by Gasteiger charge is -2.18. The normalized spacial score (nSPS) is 12.9. The lowest BCUT2D eigenvalue weighted by Crippen LogP contribution is -2.06. The molecule has 0 amide bonds. The smallest absolute Gasteiger partial charge is 0.196 e. The highest BCUT2D eigenvalue weighted by Crippen LogP contribution is 2.52. The molecule has 1 aromatic heterocycles. The van der Waals surface area contributed by atoms with Gasteiger partial charge in [-0.2, -0.15) is 0 Å². The molecule has 0 fully saturated rings. The molecule has 2 N–H and O–H groups in total. The molecule has 0 saturated carbocycles. The van der Waals surface area contributed by atoms with Crippen LogP contribution < -0.4 is 19.9 Å². The van der Waals surface area contributed by atoms with E-state index >= 15 is 0 Å². The zero-order valence-electron chi connectivity index (χ0n) is 16.6. The van der Waals surface area contributed by atoms with Crippen LogP contribution in [0.3, 0.4) is 0 Å². The Bertz CT molecular complexity index is 1080. The van der Waals surface area contributed by atoms with Crippen LogP contribution in [0.4, 0.5) is 5.69 Å². The fourth-order valence-corrected chi connectivity index (χ4v) is 3.65. The second-order valence-electron chi connectivity index (χ2n) is 6.70. The van der Waals surface area contributed by atoms with Crippen molar-refractivity contribution < 1.29 is 19.0 Å². The highest BCUT2D eigenvalue weighted by molar-refractivity contribution is 6.26. The third-order valence-electron chi connectivity index (χ3n) is 4.97. The van der Waals surface area contributed by atoms with Gasteiger partial charge in [-0.05, 0) is 32.0 Å². The van der Waals surface area contributed by atoms with Crippen molar-refractivity contribution in [1.29, 1.82) is 0 Å². The van der Waals surface area contributed by atoms with Crippen molar-refractivity contribution in [3.05, 3.63) is 65.5 Å². The van der Waals surface area contributed by atoms with Crippen molar-refractivity contribution >= 4 is 11.5 Å². The van der Waals surface area contributed by atoms with Crippen molar-refractivity contribution in [3.63, 3.8) is 0 Å². The number of aromatic nitrogens is 1. The minimum atomic E-state index is -0.298. The standard InChI is InChI=1S/C23H22N2O4/c1-4-28-18-12-17(27-3)20-19-14(23(26)21(20)22(18)24)8-7-10-16(19)29-13(2)15-9-5-6-11-25-15/h5-13H,4,24H2,1-3H3. The van der Waals surface area contributed by atoms with Gasteiger partial charge in [-0.15, -0.1) is 0 Å². The van der Waals surface area contributed by atoms with Gasteiger partial charge in [0.15, 0.2) is 5.78 Å². The maximum Gasteiger partial charge on any atom is 0.196 e. The molecule has 6 heteroatoms. The number of carbonyl (C=O) groups is 1. The second kappa shape index (κ2) is 7.47. The van der Waals surface area contributed by atoms with Crippen LogP contribution in [0, 0.1) is 0 Å². The summed E-state index contributed by atoms with van der Waals surface area (Å²) in [6, 6.07) is 12.8. The Hall–Kier alpha value is -3.54. The number of hydrogen-bond donors (Lipinski definition) is 1. The first-order valence-corrected chi connectivity index (χ1v) is 9.45. The van der Waals surface area contributed by atoms with Crippen LogP contribution in [0.25, 0.3) is 11.1 Å². The molecule has 0 bridgehead atoms. The molecule has 6 nitrogen and oxygen atoms in total. The number of benzene rings is 2. The van der Waals surface area contributed by atoms with E-state index in [0.717, 1.165) is 5.69 Å². The summed E-state index contributed by atoms with van der Waals surface area (Å²) in [5, 5.41) is 0. The summed E-state index contributed by atoms with van der Waals surface area (Å²) in [6.45, 7) is 4.22. The Morgan fingerprint density at radius 3 is 2.55 bits per heavy atom. The van der Waals surface area contributed by atoms with Gasteiger partial charge in [-0.1, -0.05) is 18.2 Å². The van der Waals surface area contributed by atoms with Crippen LogP contribution >= 0.6 is 0 Å². The number of nitrogens with two attached hydrogens (primary N) is 1. The molecule has 0 saturated heterocycles. The molecule has 29 heavy (non-hydrogen) atoms. The van der Waals surface area contributed by atoms with Crippen LogP contribution in [-0.2, 0) is 0 Å². The third-order valence-corrected chi connectivity index (χ3v) is 4.97. The van der Waals surface area contributed by atoms with E-state index in [1.807, 2.05) is 38.1 Å². The molecule has 2 aromatic carbocycles. The summed E-state index contributed by atoms with van der Waals surface area (Å²) >= 11 is 0. The van der Waals surface area contributed by atoms with E-state index in [-0.39, 0.29) is 11.9 Å². The number of nitrogen functional groups attached to an aromatic ring is 1. The van der Waals surface area contributed by atoms with E-state index in [4.69, 9.17) is 19.9 Å². The van der Waals surface area contributed by atoms with Crippen molar-refractivity contribution in [2.75, 3.05) is 19.5 Å². The van der Waals surface area contributed by atoms with E-state index in [9.17, 15) is 4.79 Å². The van der Waals surface area contributed by atoms with Gasteiger partial charge in [-0.25, -0.2) is 0 Å². The van der Waals surface area contributed by atoms with Gasteiger partial charge in [0.1, 0.15) is 23.4 Å². The molecule has 148 valence electrons. The quantitative estimate of drug-likeness (QED) is 0.491. The van der Waals surface area contributed by atoms with Crippen molar-refractivity contribution in [2.24, 2.45) is 0 Å². The molecule has 1 unspecified atom stereocenters. The minimum Gasteiger partial charge on any atom is -0.496 e. The van der Waals surface area contributed by atoms with Crippen LogP contribution in [-0.4, -0.2) is 24.5 Å². The molecule has 4 rings (SSSR count). The lowest BCUT2D eigenvalue weighted by molar-refractivity contribution is 0.104. The monoisotopic (exact) mass is 390 g/mol. The maximum atomic E-state index is 13.2. The van der Waals surface area contributed by atoms with Gasteiger partial charge in [0, 0.05) is 29.0 Å². The van der Waals surface area contributed by atoms with Crippen LogP contribution in [0.2, 0.25) is 0 Å². The Morgan fingerprint density at radius 1 is 1.03 bits per heavy atom. The van der Waals surface area contributed by atoms with Gasteiger partial charge in [-0.3, -0.25) is 9.78 Å². The summed E-state index contributed by atoms with van der Waals surface area (Å²) in [4.78, 5) is 17.5. The molecule has 1 aliphatic carbocycles. The fourth-order valence-electron chi connectivity index (χ4n) is 3.65. The van der Waals surface area contributed by atoms with Gasteiger partial charge in [0.25, 0.3) is 0 Å². The number of ether oxygens (including phenoxy) is 3. The lowest BCUT2D eigenvalue weighted by atomic mass is 10.0. The number of methoxy groups -OCH3 is 1. The molecule has 0 radical (unpaired) electrons. The minimum absolute atomic E-state index is 0.164. The molecule has 1 atom stereocenters. The number of nitrogens with zero attached hydrogens (tertiary/aromatic N) is 1. The largest absolute Gasteiger partial charge is 0.496 e. The van der Waals surface area contributed by atoms with Gasteiger partial charge in [0.2, 0.25) is 0 Å². The fraction of sp³-hybridized carbons (Fsp3) is 0.217. The Morgan fingerprint density at radius 2 is 1.86 bits per heavy atom. The number of pyridine rings is 1. The van der Waals surface area contributed by atoms with Gasteiger partial charge >= 0.3 is 0 Å². The summed E-state index contributed by atoms with van der Waals surface area (Å²) in [7, 11) is 1.56. The Labute approximate surface area is 169 Å². The van der Waals surface area contributed by atoms with Crippen molar-refractivity contribution in [3.8, 4) is 28.4 Å². The van der Waals surface area contributed by atoms with Crippen LogP contribution in [0.1, 0.15) is 41.6 Å². The number of fused-ring (bicyclic) bond motifs is 3. The molecule has 0 spiro atoms. The third kappa shape index (κ3) is 3.06. The maximum absolute atomic E-state index is 13.2. The second-order valence-corrected chi connectivity index (χ2v) is 6.70. The van der Waals surface area contributed by atoms with Crippen LogP contribution in [0.15, 0.2) is 48.7 Å². The molecule has 3 aromatic rings. The molecule has 1 heterocycles. The van der Waals surface area contributed by atoms with Gasteiger partial charge in [0.05, 0.1) is 30.7 Å². The Balaban J connectivity index is 1.86. The summed E-state index contributed by atoms with van der Waals surface area (Å²) in [6.07, 6.45) is 1.43. The summed E-state index contributed by atoms with van der Waals surface area (Å²) in [5.41, 5.74) is 9.66. The average Bonchev–Trinajstić information content (AvgIpc) is 3.05. The SMILES string of the molecule is CCOc1cc(OC)c2c(c1N)C(=O)c1cccc(OC(C)c3ccccn3)c1-2. The molecular formula is C23H22N2O4. The highest BCUT2D eigenvalue weighted by Gasteiger charge is 2.36. The zero-order valence-corrected chi connectivity index (χ0v) is 16.6. The van der Waals surface area contributed by atoms with E-state index in [0.29, 0.717) is 51.8 Å². The number of carbonyl (C=O) groups excluding carboxylic acids is 1. The number of ketones is 1. The van der Waals surface area contributed by atoms with Crippen molar-refractivity contribution in [2.45, 2.75) is 20.0 Å². The number of rotatable bonds is 6. The summed E-state index contributed by atoms with van der Waals surface area (Å²) in [5.74, 6) is 1.37. The molecule has 0 aliphatic heterocycles. The first-order valence-electron chi connectivity index (χ1n) is 9.45. The topological polar surface area (TPSA) is 83.7 Å². The van der Waals surface area contributed by atoms with E-state index < -0.39 is 0 Å². The van der Waals surface area contributed by atoms with E-state index in [1.54, 1.807) is 31.5 Å². The molecule has 1 aliphatic rings. The Kier molecular flexibility index (Phi) is 4.84. The first kappa shape index (κ1) is 18.8. The predicted octanol–water partition coefficient (Wildman–Crippen LogP) is 4.42. The van der Waals surface area contributed by atoms with Crippen molar-refractivity contribution in [1.82, 2.24) is 4.98 Å². The van der Waals surface area contributed by atoms with Gasteiger partial charge < -0.3 is 19.9 Å². The van der Waals surface area contributed by atoms with E-state index in [2.05, 4.69) is 4.98 Å². The zero-order chi connectivity index (χ0) is 20.5. The summed E-state index contributed by atoms with van der Waals surface area (Å²) < 4.78 is 17.4. The first-order chi connectivity index (χ1) is 14.1. The number of anilines is 1. The highest BCUT2D eigenvalue weighted by atomic mass is 16.5. The van der Waals surface area contributed by atoms with E-state index in [1.165, 1.54) is 0 Å². The van der Waals surface area contributed by atoms with Crippen LogP contribution in [0.5, 0.6) is 17.2 Å². The predicted molar refractivity (Wildman–Crippen MR) is 111 cm³/mol. The molecular weight excluding hydrogens is 368 g/mol. The number of hydrogen-bond acceptors (Lipinski definition) is 6.